The number of nitrogens with zero attached hydrogens (tertiary/aromatic N) is 2. The molecule has 1 amide bonds. The van der Waals surface area contributed by atoms with Crippen LogP contribution in [-0.2, 0) is 21.2 Å². The summed E-state index contributed by atoms with van der Waals surface area (Å²) in [6, 6.07) is 14.8. The van der Waals surface area contributed by atoms with Gasteiger partial charge in [0.1, 0.15) is 5.75 Å². The van der Waals surface area contributed by atoms with Crippen molar-refractivity contribution in [3.63, 3.8) is 0 Å². The Hall–Kier alpha value is -2.38. The minimum atomic E-state index is -3.52. The fourth-order valence-corrected chi connectivity index (χ4v) is 4.93. The van der Waals surface area contributed by atoms with Gasteiger partial charge in [-0.2, -0.15) is 4.31 Å². The summed E-state index contributed by atoms with van der Waals surface area (Å²) in [6.07, 6.45) is 1.91. The summed E-state index contributed by atoms with van der Waals surface area (Å²) in [5, 5.41) is 0. The lowest BCUT2D eigenvalue weighted by Gasteiger charge is -2.34. The number of sulfonamides is 1. The molecule has 0 unspecified atom stereocenters. The Bertz CT molecular complexity index is 949. The van der Waals surface area contributed by atoms with Gasteiger partial charge in [0.2, 0.25) is 15.9 Å². The average molecular weight is 431 g/mol. The Kier molecular flexibility index (Phi) is 7.50. The van der Waals surface area contributed by atoms with Crippen LogP contribution in [0.5, 0.6) is 5.75 Å². The lowest BCUT2D eigenvalue weighted by atomic mass is 10.2. The topological polar surface area (TPSA) is 66.9 Å². The molecule has 0 aromatic heterocycles. The molecule has 1 aliphatic rings. The molecular weight excluding hydrogens is 400 g/mol. The van der Waals surface area contributed by atoms with E-state index in [1.165, 1.54) is 4.31 Å². The Balaban J connectivity index is 1.45. The SMILES string of the molecule is CCc1ccc(S(=O)(=O)N2CCN(C(=O)CCCOc3ccccc3C)CC2)cc1. The summed E-state index contributed by atoms with van der Waals surface area (Å²) in [5.41, 5.74) is 2.18. The molecule has 0 radical (unpaired) electrons. The molecule has 0 spiro atoms. The molecule has 162 valence electrons. The van der Waals surface area contributed by atoms with Crippen molar-refractivity contribution in [2.75, 3.05) is 32.8 Å². The van der Waals surface area contributed by atoms with E-state index in [-0.39, 0.29) is 5.91 Å². The Labute approximate surface area is 179 Å². The van der Waals surface area contributed by atoms with Crippen molar-refractivity contribution in [1.29, 1.82) is 0 Å². The lowest BCUT2D eigenvalue weighted by Crippen LogP contribution is -2.50. The number of hydrogen-bond donors (Lipinski definition) is 0. The van der Waals surface area contributed by atoms with Gasteiger partial charge in [-0.05, 0) is 49.1 Å². The first-order valence-corrected chi connectivity index (χ1v) is 11.9. The van der Waals surface area contributed by atoms with Gasteiger partial charge in [-0.3, -0.25) is 4.79 Å². The van der Waals surface area contributed by atoms with Crippen molar-refractivity contribution in [2.45, 2.75) is 38.0 Å². The highest BCUT2D eigenvalue weighted by atomic mass is 32.2. The molecule has 7 heteroatoms. The van der Waals surface area contributed by atoms with Crippen molar-refractivity contribution < 1.29 is 17.9 Å². The van der Waals surface area contributed by atoms with E-state index in [1.54, 1.807) is 17.0 Å². The highest BCUT2D eigenvalue weighted by molar-refractivity contribution is 7.89. The molecule has 3 rings (SSSR count). The van der Waals surface area contributed by atoms with Crippen molar-refractivity contribution in [2.24, 2.45) is 0 Å². The number of carbonyl (C=O) groups excluding carboxylic acids is 1. The van der Waals surface area contributed by atoms with E-state index in [1.807, 2.05) is 50.2 Å². The summed E-state index contributed by atoms with van der Waals surface area (Å²) in [4.78, 5) is 14.5. The molecule has 0 saturated carbocycles. The van der Waals surface area contributed by atoms with Crippen LogP contribution < -0.4 is 4.74 Å². The fraction of sp³-hybridized carbons (Fsp3) is 0.435. The standard InChI is InChI=1S/C23H30N2O4S/c1-3-20-10-12-21(13-11-20)30(27,28)25-16-14-24(15-17-25)23(26)9-6-18-29-22-8-5-4-7-19(22)2/h4-5,7-8,10-13H,3,6,9,14-18H2,1-2H3. The zero-order valence-electron chi connectivity index (χ0n) is 17.7. The smallest absolute Gasteiger partial charge is 0.243 e. The normalized spacial score (nSPS) is 15.2. The molecule has 0 N–H and O–H groups in total. The molecular formula is C23H30N2O4S. The molecule has 6 nitrogen and oxygen atoms in total. The van der Waals surface area contributed by atoms with Gasteiger partial charge in [0.05, 0.1) is 11.5 Å². The van der Waals surface area contributed by atoms with E-state index in [9.17, 15) is 13.2 Å². The molecule has 2 aromatic carbocycles. The van der Waals surface area contributed by atoms with Gasteiger partial charge in [-0.25, -0.2) is 8.42 Å². The average Bonchev–Trinajstić information content (AvgIpc) is 2.77. The third-order valence-corrected chi connectivity index (χ3v) is 7.36. The van der Waals surface area contributed by atoms with Crippen LogP contribution in [-0.4, -0.2) is 56.3 Å². The Morgan fingerprint density at radius 1 is 1.00 bits per heavy atom. The molecule has 0 bridgehead atoms. The van der Waals surface area contributed by atoms with Crippen molar-refractivity contribution in [3.8, 4) is 5.75 Å². The third-order valence-electron chi connectivity index (χ3n) is 5.45. The maximum Gasteiger partial charge on any atom is 0.243 e. The first kappa shape index (κ1) is 22.3. The highest BCUT2D eigenvalue weighted by Crippen LogP contribution is 2.19. The number of carbonyl (C=O) groups is 1. The van der Waals surface area contributed by atoms with Gasteiger partial charge < -0.3 is 9.64 Å². The van der Waals surface area contributed by atoms with Gasteiger partial charge in [0, 0.05) is 32.6 Å². The summed E-state index contributed by atoms with van der Waals surface area (Å²) < 4.78 is 32.9. The van der Waals surface area contributed by atoms with Crippen LogP contribution in [0.2, 0.25) is 0 Å². The predicted molar refractivity (Wildman–Crippen MR) is 117 cm³/mol. The highest BCUT2D eigenvalue weighted by Gasteiger charge is 2.29. The Morgan fingerprint density at radius 3 is 2.30 bits per heavy atom. The maximum atomic E-state index is 12.8. The van der Waals surface area contributed by atoms with E-state index < -0.39 is 10.0 Å². The lowest BCUT2D eigenvalue weighted by molar-refractivity contribution is -0.132. The van der Waals surface area contributed by atoms with Gasteiger partial charge in [0.25, 0.3) is 0 Å². The van der Waals surface area contributed by atoms with E-state index >= 15 is 0 Å². The van der Waals surface area contributed by atoms with Crippen LogP contribution in [0.15, 0.2) is 53.4 Å². The molecule has 0 aliphatic carbocycles. The van der Waals surface area contributed by atoms with Crippen LogP contribution in [0.4, 0.5) is 0 Å². The van der Waals surface area contributed by atoms with Gasteiger partial charge in [-0.1, -0.05) is 37.3 Å². The minimum absolute atomic E-state index is 0.0488. The monoisotopic (exact) mass is 430 g/mol. The number of hydrogen-bond acceptors (Lipinski definition) is 4. The zero-order valence-corrected chi connectivity index (χ0v) is 18.5. The van der Waals surface area contributed by atoms with Gasteiger partial charge >= 0.3 is 0 Å². The van der Waals surface area contributed by atoms with E-state index in [2.05, 4.69) is 0 Å². The van der Waals surface area contributed by atoms with Gasteiger partial charge in [0.15, 0.2) is 0 Å². The van der Waals surface area contributed by atoms with Crippen LogP contribution in [0.3, 0.4) is 0 Å². The summed E-state index contributed by atoms with van der Waals surface area (Å²) in [5.74, 6) is 0.892. The van der Waals surface area contributed by atoms with E-state index in [0.29, 0.717) is 50.5 Å². The fourth-order valence-electron chi connectivity index (χ4n) is 3.51. The number of ether oxygens (including phenoxy) is 1. The second kappa shape index (κ2) is 10.1. The largest absolute Gasteiger partial charge is 0.493 e. The van der Waals surface area contributed by atoms with E-state index in [0.717, 1.165) is 23.3 Å². The first-order valence-electron chi connectivity index (χ1n) is 10.5. The second-order valence-electron chi connectivity index (χ2n) is 7.50. The predicted octanol–water partition coefficient (Wildman–Crippen LogP) is 3.25. The number of amides is 1. The van der Waals surface area contributed by atoms with Crippen molar-refractivity contribution in [1.82, 2.24) is 9.21 Å². The number of rotatable bonds is 8. The van der Waals surface area contributed by atoms with Crippen LogP contribution in [0.25, 0.3) is 0 Å². The molecule has 1 saturated heterocycles. The molecule has 1 fully saturated rings. The maximum absolute atomic E-state index is 12.8. The van der Waals surface area contributed by atoms with Crippen molar-refractivity contribution in [3.05, 3.63) is 59.7 Å². The zero-order chi connectivity index (χ0) is 21.6. The summed E-state index contributed by atoms with van der Waals surface area (Å²) >= 11 is 0. The second-order valence-corrected chi connectivity index (χ2v) is 9.44. The quantitative estimate of drug-likeness (QED) is 0.603. The van der Waals surface area contributed by atoms with Gasteiger partial charge in [-0.15, -0.1) is 0 Å². The molecule has 2 aromatic rings. The molecule has 30 heavy (non-hydrogen) atoms. The number of piperazine rings is 1. The molecule has 1 aliphatic heterocycles. The molecule has 0 atom stereocenters. The van der Waals surface area contributed by atoms with E-state index in [4.69, 9.17) is 4.74 Å². The van der Waals surface area contributed by atoms with Crippen LogP contribution in [0, 0.1) is 6.92 Å². The minimum Gasteiger partial charge on any atom is -0.493 e. The number of benzene rings is 2. The summed E-state index contributed by atoms with van der Waals surface area (Å²) in [6.45, 7) is 6.00. The van der Waals surface area contributed by atoms with Crippen LogP contribution >= 0.6 is 0 Å². The summed E-state index contributed by atoms with van der Waals surface area (Å²) in [7, 11) is -3.52. The number of aryl methyl sites for hydroxylation is 2. The number of para-hydroxylation sites is 1. The van der Waals surface area contributed by atoms with Crippen molar-refractivity contribution >= 4 is 15.9 Å². The molecule has 1 heterocycles. The Morgan fingerprint density at radius 2 is 1.67 bits per heavy atom. The van der Waals surface area contributed by atoms with Crippen LogP contribution in [0.1, 0.15) is 30.9 Å². The first-order chi connectivity index (χ1) is 14.4. The third kappa shape index (κ3) is 5.40.